The fourth-order valence-corrected chi connectivity index (χ4v) is 4.44. The number of fused-ring (bicyclic) bond motifs is 1. The molecule has 0 bridgehead atoms. The number of hydrogen-bond acceptors (Lipinski definition) is 7. The Hall–Kier alpha value is -3.75. The molecule has 180 valence electrons. The van der Waals surface area contributed by atoms with Gasteiger partial charge in [-0.25, -0.2) is 9.97 Å². The van der Waals surface area contributed by atoms with Crippen molar-refractivity contribution in [3.8, 4) is 0 Å². The van der Waals surface area contributed by atoms with Crippen LogP contribution in [0.1, 0.15) is 12.5 Å². The molecule has 0 spiro atoms. The van der Waals surface area contributed by atoms with Crippen LogP contribution in [0.3, 0.4) is 0 Å². The summed E-state index contributed by atoms with van der Waals surface area (Å²) in [6, 6.07) is 17.8. The molecule has 1 aliphatic heterocycles. The van der Waals surface area contributed by atoms with E-state index in [1.54, 1.807) is 12.4 Å². The van der Waals surface area contributed by atoms with Crippen LogP contribution in [0.4, 0.5) is 23.1 Å². The molecule has 8 heteroatoms. The Bertz CT molecular complexity index is 1310. The first-order valence-corrected chi connectivity index (χ1v) is 12.2. The number of H-pyrrole nitrogens is 1. The molecule has 0 radical (unpaired) electrons. The fourth-order valence-electron chi connectivity index (χ4n) is 4.44. The van der Waals surface area contributed by atoms with Gasteiger partial charge in [0.2, 0.25) is 0 Å². The molecule has 0 aliphatic carbocycles. The van der Waals surface area contributed by atoms with Crippen LogP contribution in [-0.4, -0.2) is 64.0 Å². The first-order chi connectivity index (χ1) is 17.2. The molecule has 4 heterocycles. The van der Waals surface area contributed by atoms with Gasteiger partial charge in [0, 0.05) is 50.8 Å². The summed E-state index contributed by atoms with van der Waals surface area (Å²) in [4.78, 5) is 29.4. The van der Waals surface area contributed by atoms with Gasteiger partial charge < -0.3 is 25.4 Å². The van der Waals surface area contributed by atoms with Gasteiger partial charge in [-0.05, 0) is 60.3 Å². The quantitative estimate of drug-likeness (QED) is 0.360. The van der Waals surface area contributed by atoms with Crippen LogP contribution in [0.15, 0.2) is 71.8 Å². The Kier molecular flexibility index (Phi) is 7.02. The van der Waals surface area contributed by atoms with Gasteiger partial charge in [0.15, 0.2) is 0 Å². The number of nitrogens with zero attached hydrogens (tertiary/aromatic N) is 4. The van der Waals surface area contributed by atoms with E-state index in [-0.39, 0.29) is 5.56 Å². The van der Waals surface area contributed by atoms with Crippen molar-refractivity contribution in [2.45, 2.75) is 13.3 Å². The molecule has 8 nitrogen and oxygen atoms in total. The average Bonchev–Trinajstić information content (AvgIpc) is 2.89. The summed E-state index contributed by atoms with van der Waals surface area (Å²) in [5, 5.41) is 7.89. The maximum atomic E-state index is 12.6. The summed E-state index contributed by atoms with van der Waals surface area (Å²) in [5.41, 5.74) is 2.01. The van der Waals surface area contributed by atoms with Crippen LogP contribution < -0.4 is 16.2 Å². The maximum absolute atomic E-state index is 12.6. The third-order valence-electron chi connectivity index (χ3n) is 6.52. The fraction of sp³-hybridized carbons (Fsp3) is 0.296. The summed E-state index contributed by atoms with van der Waals surface area (Å²) in [6.45, 7) is 9.05. The van der Waals surface area contributed by atoms with E-state index in [0.717, 1.165) is 56.8 Å². The number of pyridine rings is 3. The van der Waals surface area contributed by atoms with Gasteiger partial charge in [0.25, 0.3) is 5.56 Å². The van der Waals surface area contributed by atoms with Crippen LogP contribution in [0, 0.1) is 0 Å². The number of likely N-dealkylation sites (N-methyl/N-ethyl adjacent to an activating group) is 1. The molecular formula is C27H31N7O. The first kappa shape index (κ1) is 23.0. The monoisotopic (exact) mass is 469 g/mol. The van der Waals surface area contributed by atoms with E-state index in [1.165, 1.54) is 5.56 Å². The molecule has 0 unspecified atom stereocenters. The molecule has 1 fully saturated rings. The van der Waals surface area contributed by atoms with Crippen molar-refractivity contribution in [3.05, 3.63) is 82.9 Å². The molecule has 1 aromatic carbocycles. The second-order valence-corrected chi connectivity index (χ2v) is 8.81. The Morgan fingerprint density at radius 1 is 0.943 bits per heavy atom. The predicted molar refractivity (Wildman–Crippen MR) is 142 cm³/mol. The summed E-state index contributed by atoms with van der Waals surface area (Å²) >= 11 is 0. The standard InChI is InChI=1S/C27H31N7O/c1-2-33-15-17-34(18-16-33)14-11-20-6-8-22(9-7-20)30-26-25-21(10-13-29-27(25)35)19-24(32-26)31-23-5-3-4-12-28-23/h3-10,12-13,19H,2,11,14-18H2,1H3,(H,29,35)(H2,28,30,31,32). The first-order valence-electron chi connectivity index (χ1n) is 12.2. The Balaban J connectivity index is 1.31. The molecule has 0 amide bonds. The van der Waals surface area contributed by atoms with Crippen LogP contribution in [0.5, 0.6) is 0 Å². The van der Waals surface area contributed by atoms with Gasteiger partial charge in [-0.2, -0.15) is 0 Å². The maximum Gasteiger partial charge on any atom is 0.259 e. The molecular weight excluding hydrogens is 438 g/mol. The van der Waals surface area contributed by atoms with Crippen LogP contribution in [0.2, 0.25) is 0 Å². The number of piperazine rings is 1. The lowest BCUT2D eigenvalue weighted by Crippen LogP contribution is -2.46. The lowest BCUT2D eigenvalue weighted by atomic mass is 10.1. The van der Waals surface area contributed by atoms with Crippen molar-refractivity contribution >= 4 is 33.9 Å². The summed E-state index contributed by atoms with van der Waals surface area (Å²) in [5.74, 6) is 1.81. The molecule has 4 aromatic rings. The van der Waals surface area contributed by atoms with E-state index in [2.05, 4.69) is 49.5 Å². The van der Waals surface area contributed by atoms with Crippen molar-refractivity contribution in [1.29, 1.82) is 0 Å². The Labute approximate surface area is 205 Å². The van der Waals surface area contributed by atoms with Crippen molar-refractivity contribution in [1.82, 2.24) is 24.8 Å². The van der Waals surface area contributed by atoms with E-state index in [0.29, 0.717) is 22.8 Å². The normalized spacial score (nSPS) is 14.8. The molecule has 35 heavy (non-hydrogen) atoms. The number of nitrogens with one attached hydrogen (secondary N) is 3. The van der Waals surface area contributed by atoms with E-state index in [1.807, 2.05) is 42.5 Å². The lowest BCUT2D eigenvalue weighted by molar-refractivity contribution is 0.138. The molecule has 5 rings (SSSR count). The summed E-state index contributed by atoms with van der Waals surface area (Å²) < 4.78 is 0. The SMILES string of the molecule is CCN1CCN(CCc2ccc(Nc3nc(Nc4ccccn4)cc4cc[nH]c(=O)c34)cc2)CC1. The second kappa shape index (κ2) is 10.7. The van der Waals surface area contributed by atoms with Crippen molar-refractivity contribution in [2.24, 2.45) is 0 Å². The average molecular weight is 470 g/mol. The van der Waals surface area contributed by atoms with Gasteiger partial charge in [-0.15, -0.1) is 0 Å². The molecule has 0 saturated carbocycles. The van der Waals surface area contributed by atoms with Crippen molar-refractivity contribution in [3.63, 3.8) is 0 Å². The third kappa shape index (κ3) is 5.67. The molecule has 1 saturated heterocycles. The minimum absolute atomic E-state index is 0.179. The highest BCUT2D eigenvalue weighted by Gasteiger charge is 2.15. The van der Waals surface area contributed by atoms with Crippen LogP contribution >= 0.6 is 0 Å². The number of rotatable bonds is 8. The number of aromatic amines is 1. The minimum atomic E-state index is -0.179. The van der Waals surface area contributed by atoms with Gasteiger partial charge >= 0.3 is 0 Å². The highest BCUT2D eigenvalue weighted by Crippen LogP contribution is 2.26. The minimum Gasteiger partial charge on any atom is -0.339 e. The number of benzene rings is 1. The van der Waals surface area contributed by atoms with E-state index in [9.17, 15) is 4.79 Å². The van der Waals surface area contributed by atoms with E-state index < -0.39 is 0 Å². The predicted octanol–water partition coefficient (Wildman–Crippen LogP) is 3.99. The van der Waals surface area contributed by atoms with Gasteiger partial charge in [-0.3, -0.25) is 4.79 Å². The van der Waals surface area contributed by atoms with E-state index in [4.69, 9.17) is 4.98 Å². The van der Waals surface area contributed by atoms with Crippen LogP contribution in [-0.2, 0) is 6.42 Å². The molecule has 3 aromatic heterocycles. The Morgan fingerprint density at radius 2 is 1.74 bits per heavy atom. The second-order valence-electron chi connectivity index (χ2n) is 8.81. The zero-order valence-corrected chi connectivity index (χ0v) is 20.0. The zero-order valence-electron chi connectivity index (χ0n) is 20.0. The topological polar surface area (TPSA) is 89.2 Å². The highest BCUT2D eigenvalue weighted by molar-refractivity contribution is 5.94. The van der Waals surface area contributed by atoms with E-state index >= 15 is 0 Å². The zero-order chi connectivity index (χ0) is 24.0. The summed E-state index contributed by atoms with van der Waals surface area (Å²) in [6.07, 6.45) is 4.40. The van der Waals surface area contributed by atoms with Gasteiger partial charge in [-0.1, -0.05) is 25.1 Å². The Morgan fingerprint density at radius 3 is 2.49 bits per heavy atom. The summed E-state index contributed by atoms with van der Waals surface area (Å²) in [7, 11) is 0. The molecule has 0 atom stereocenters. The largest absolute Gasteiger partial charge is 0.339 e. The molecule has 3 N–H and O–H groups in total. The van der Waals surface area contributed by atoms with Gasteiger partial charge in [0.1, 0.15) is 17.5 Å². The highest BCUT2D eigenvalue weighted by atomic mass is 16.1. The van der Waals surface area contributed by atoms with Crippen molar-refractivity contribution in [2.75, 3.05) is 49.9 Å². The van der Waals surface area contributed by atoms with Crippen LogP contribution in [0.25, 0.3) is 10.8 Å². The molecule has 1 aliphatic rings. The van der Waals surface area contributed by atoms with Crippen molar-refractivity contribution < 1.29 is 0 Å². The number of aromatic nitrogens is 3. The third-order valence-corrected chi connectivity index (χ3v) is 6.52. The van der Waals surface area contributed by atoms with Gasteiger partial charge in [0.05, 0.1) is 5.39 Å². The smallest absolute Gasteiger partial charge is 0.259 e. The number of anilines is 4. The number of hydrogen-bond donors (Lipinski definition) is 3. The lowest BCUT2D eigenvalue weighted by Gasteiger charge is -2.34.